The number of carbonyl (C=O) groups excluding carboxylic acids is 1. The third-order valence-electron chi connectivity index (χ3n) is 5.81. The molecule has 1 aromatic heterocycles. The van der Waals surface area contributed by atoms with Crippen LogP contribution in [0.25, 0.3) is 10.9 Å². The molecule has 1 amide bonds. The van der Waals surface area contributed by atoms with Crippen molar-refractivity contribution in [2.24, 2.45) is 0 Å². The predicted octanol–water partition coefficient (Wildman–Crippen LogP) is 1.94. The normalized spacial score (nSPS) is 15.0. The number of aromatic amines is 1. The third kappa shape index (κ3) is 5.43. The van der Waals surface area contributed by atoms with Crippen LogP contribution < -0.4 is 29.3 Å². The number of halogens is 2. The van der Waals surface area contributed by atoms with Gasteiger partial charge in [-0.2, -0.15) is 0 Å². The highest BCUT2D eigenvalue weighted by molar-refractivity contribution is 9.10. The summed E-state index contributed by atoms with van der Waals surface area (Å²) in [7, 11) is 4.58. The molecule has 160 valence electrons. The van der Waals surface area contributed by atoms with Gasteiger partial charge in [-0.1, -0.05) is 28.1 Å². The Balaban J connectivity index is 0.00000256. The summed E-state index contributed by atoms with van der Waals surface area (Å²) in [5.41, 5.74) is 3.58. The topological polar surface area (TPSA) is 54.1 Å². The van der Waals surface area contributed by atoms with Crippen LogP contribution in [0.1, 0.15) is 28.9 Å². The molecule has 30 heavy (non-hydrogen) atoms. The lowest BCUT2D eigenvalue weighted by Crippen LogP contribution is -3.00. The molecule has 0 atom stereocenters. The largest absolute Gasteiger partial charge is 1.00 e. The molecule has 2 N–H and O–H groups in total. The molecule has 3 aromatic rings. The average Bonchev–Trinajstić information content (AvgIpc) is 3.13. The molecule has 1 fully saturated rings. The fourth-order valence-electron chi connectivity index (χ4n) is 4.10. The van der Waals surface area contributed by atoms with Crippen LogP contribution in [0.3, 0.4) is 0 Å². The van der Waals surface area contributed by atoms with Gasteiger partial charge in [-0.3, -0.25) is 4.79 Å². The second-order valence-electron chi connectivity index (χ2n) is 8.35. The second kappa shape index (κ2) is 9.80. The van der Waals surface area contributed by atoms with Gasteiger partial charge < -0.3 is 43.5 Å². The number of H-pyrrole nitrogens is 1. The first-order chi connectivity index (χ1) is 13.9. The summed E-state index contributed by atoms with van der Waals surface area (Å²) >= 11 is 3.46. The van der Waals surface area contributed by atoms with Crippen LogP contribution in [0.15, 0.2) is 53.0 Å². The molecule has 2 aromatic carbocycles. The number of benzene rings is 2. The zero-order chi connectivity index (χ0) is 20.4. The van der Waals surface area contributed by atoms with Crippen LogP contribution >= 0.6 is 15.9 Å². The molecule has 0 unspecified atom stereocenters. The van der Waals surface area contributed by atoms with E-state index in [2.05, 4.69) is 52.5 Å². The number of quaternary nitrogens is 1. The molecule has 2 heterocycles. The summed E-state index contributed by atoms with van der Waals surface area (Å²) in [6.45, 7) is 2.69. The van der Waals surface area contributed by atoms with Crippen molar-refractivity contribution >= 4 is 38.4 Å². The summed E-state index contributed by atoms with van der Waals surface area (Å²) < 4.78 is 7.46. The summed E-state index contributed by atoms with van der Waals surface area (Å²) in [5.74, 6) is -0.136. The minimum Gasteiger partial charge on any atom is -1.00 e. The Morgan fingerprint density at radius 1 is 1.13 bits per heavy atom. The van der Waals surface area contributed by atoms with Crippen molar-refractivity contribution in [2.45, 2.75) is 25.4 Å². The Bertz CT molecular complexity index is 1010. The monoisotopic (exact) mass is 583 g/mol. The zero-order valence-electron chi connectivity index (χ0n) is 17.3. The van der Waals surface area contributed by atoms with Gasteiger partial charge >= 0.3 is 0 Å². The fourth-order valence-corrected chi connectivity index (χ4v) is 4.48. The Morgan fingerprint density at radius 3 is 2.53 bits per heavy atom. The van der Waals surface area contributed by atoms with Crippen LogP contribution in [0.4, 0.5) is 5.69 Å². The first-order valence-electron chi connectivity index (χ1n) is 10.00. The second-order valence-corrected chi connectivity index (χ2v) is 9.26. The number of fused-ring (bicyclic) bond motifs is 1. The summed E-state index contributed by atoms with van der Waals surface area (Å²) in [5, 5.41) is 3.99. The van der Waals surface area contributed by atoms with Crippen LogP contribution in [0.5, 0.6) is 0 Å². The molecule has 1 aliphatic rings. The van der Waals surface area contributed by atoms with Gasteiger partial charge in [0.15, 0.2) is 0 Å². The Labute approximate surface area is 202 Å². The fraction of sp³-hybridized carbons (Fsp3) is 0.348. The Morgan fingerprint density at radius 2 is 1.83 bits per heavy atom. The lowest BCUT2D eigenvalue weighted by Gasteiger charge is -2.40. The third-order valence-corrected chi connectivity index (χ3v) is 6.30. The maximum Gasteiger partial charge on any atom is 0.272 e. The predicted molar refractivity (Wildman–Crippen MR) is 120 cm³/mol. The van der Waals surface area contributed by atoms with E-state index in [-0.39, 0.29) is 29.9 Å². The van der Waals surface area contributed by atoms with Crippen molar-refractivity contribution in [3.8, 4) is 0 Å². The Hall–Kier alpha value is -1.42. The lowest BCUT2D eigenvalue weighted by molar-refractivity contribution is -0.929. The zero-order valence-corrected chi connectivity index (χ0v) is 21.0. The first kappa shape index (κ1) is 23.2. The number of carbonyl (C=O) groups is 1. The van der Waals surface area contributed by atoms with Gasteiger partial charge in [0.05, 0.1) is 33.4 Å². The molecule has 1 saturated heterocycles. The summed E-state index contributed by atoms with van der Waals surface area (Å²) in [4.78, 5) is 15.8. The number of anilines is 1. The van der Waals surface area contributed by atoms with E-state index in [1.165, 1.54) is 5.56 Å². The standard InChI is InChI=1S/C23H26BrN3O2.HI/c1-27(2,20-9-11-29-12-10-20)15-16-3-6-19(7-4-16)25-23(28)22-14-17-13-18(24)5-8-21(17)26-22;/h3-8,13-14,20H,9-12,15H2,1-2H3,(H-,25,26,28);1H. The van der Waals surface area contributed by atoms with E-state index in [0.29, 0.717) is 11.7 Å². The van der Waals surface area contributed by atoms with Gasteiger partial charge in [0, 0.05) is 39.5 Å². The van der Waals surface area contributed by atoms with E-state index in [1.807, 2.05) is 36.4 Å². The molecule has 0 radical (unpaired) electrons. The minimum absolute atomic E-state index is 0. The molecule has 1 aliphatic heterocycles. The van der Waals surface area contributed by atoms with E-state index in [9.17, 15) is 4.79 Å². The van der Waals surface area contributed by atoms with Crippen LogP contribution in [-0.2, 0) is 11.3 Å². The molecular formula is C23H27BrIN3O2. The van der Waals surface area contributed by atoms with Crippen molar-refractivity contribution in [3.05, 3.63) is 64.3 Å². The highest BCUT2D eigenvalue weighted by Gasteiger charge is 2.30. The van der Waals surface area contributed by atoms with E-state index in [0.717, 1.165) is 58.1 Å². The maximum absolute atomic E-state index is 12.6. The highest BCUT2D eigenvalue weighted by Crippen LogP contribution is 2.24. The van der Waals surface area contributed by atoms with E-state index in [1.54, 1.807) is 0 Å². The number of amides is 1. The van der Waals surface area contributed by atoms with Crippen LogP contribution in [-0.4, -0.2) is 48.7 Å². The number of hydrogen-bond donors (Lipinski definition) is 2. The number of nitrogens with zero attached hydrogens (tertiary/aromatic N) is 1. The van der Waals surface area contributed by atoms with Gasteiger partial charge in [-0.05, 0) is 36.4 Å². The molecule has 0 saturated carbocycles. The molecule has 0 aliphatic carbocycles. The highest BCUT2D eigenvalue weighted by atomic mass is 127. The van der Waals surface area contributed by atoms with Crippen molar-refractivity contribution in [3.63, 3.8) is 0 Å². The molecule has 4 rings (SSSR count). The van der Waals surface area contributed by atoms with E-state index >= 15 is 0 Å². The Kier molecular flexibility index (Phi) is 7.60. The molecular weight excluding hydrogens is 557 g/mol. The van der Waals surface area contributed by atoms with Crippen molar-refractivity contribution in [1.29, 1.82) is 0 Å². The summed E-state index contributed by atoms with van der Waals surface area (Å²) in [6.07, 6.45) is 2.23. The van der Waals surface area contributed by atoms with Crippen molar-refractivity contribution in [2.75, 3.05) is 32.6 Å². The molecule has 0 bridgehead atoms. The quantitative estimate of drug-likeness (QED) is 0.356. The minimum atomic E-state index is -0.136. The van der Waals surface area contributed by atoms with E-state index in [4.69, 9.17) is 4.74 Å². The lowest BCUT2D eigenvalue weighted by atomic mass is 10.0. The molecule has 7 heteroatoms. The average molecular weight is 584 g/mol. The number of hydrogen-bond acceptors (Lipinski definition) is 2. The number of nitrogens with one attached hydrogen (secondary N) is 2. The van der Waals surface area contributed by atoms with Gasteiger partial charge in [-0.25, -0.2) is 0 Å². The number of rotatable bonds is 5. The van der Waals surface area contributed by atoms with Crippen molar-refractivity contribution in [1.82, 2.24) is 4.98 Å². The van der Waals surface area contributed by atoms with Crippen LogP contribution in [0, 0.1) is 0 Å². The molecule has 0 spiro atoms. The van der Waals surface area contributed by atoms with Gasteiger partial charge in [0.1, 0.15) is 12.2 Å². The number of aromatic nitrogens is 1. The van der Waals surface area contributed by atoms with Gasteiger partial charge in [0.25, 0.3) is 5.91 Å². The summed E-state index contributed by atoms with van der Waals surface area (Å²) in [6, 6.07) is 16.6. The van der Waals surface area contributed by atoms with Crippen molar-refractivity contribution < 1.29 is 38.0 Å². The smallest absolute Gasteiger partial charge is 0.272 e. The van der Waals surface area contributed by atoms with Crippen LogP contribution in [0.2, 0.25) is 0 Å². The number of ether oxygens (including phenoxy) is 1. The van der Waals surface area contributed by atoms with Gasteiger partial charge in [-0.15, -0.1) is 0 Å². The van der Waals surface area contributed by atoms with Gasteiger partial charge in [0.2, 0.25) is 0 Å². The molecule has 5 nitrogen and oxygen atoms in total. The maximum atomic E-state index is 12.6. The first-order valence-corrected chi connectivity index (χ1v) is 10.8. The van der Waals surface area contributed by atoms with E-state index < -0.39 is 0 Å². The SMILES string of the molecule is C[N+](C)(Cc1ccc(NC(=O)c2cc3cc(Br)ccc3[nH]2)cc1)C1CCOCC1.[I-].